The maximum Gasteiger partial charge on any atom is 0.220 e. The zero-order valence-corrected chi connectivity index (χ0v) is 14.0. The number of rotatable bonds is 6. The molecular weight excluding hydrogens is 322 g/mol. The van der Waals surface area contributed by atoms with Gasteiger partial charge in [-0.2, -0.15) is 0 Å². The van der Waals surface area contributed by atoms with Gasteiger partial charge in [0.2, 0.25) is 5.91 Å². The van der Waals surface area contributed by atoms with Crippen molar-refractivity contribution >= 4 is 16.8 Å². The first-order chi connectivity index (χ1) is 12.0. The molecule has 1 aromatic heterocycles. The van der Waals surface area contributed by atoms with E-state index in [0.717, 1.165) is 18.0 Å². The van der Waals surface area contributed by atoms with Gasteiger partial charge in [0.05, 0.1) is 6.04 Å². The van der Waals surface area contributed by atoms with Gasteiger partial charge in [0.25, 0.3) is 0 Å². The van der Waals surface area contributed by atoms with Crippen LogP contribution >= 0.6 is 0 Å². The van der Waals surface area contributed by atoms with Gasteiger partial charge in [0, 0.05) is 35.2 Å². The van der Waals surface area contributed by atoms with E-state index in [2.05, 4.69) is 16.4 Å². The van der Waals surface area contributed by atoms with Gasteiger partial charge in [-0.25, -0.2) is 8.78 Å². The Labute approximate surface area is 145 Å². The number of fused-ring (bicyclic) bond motifs is 1. The molecule has 0 saturated carbocycles. The van der Waals surface area contributed by atoms with Crippen molar-refractivity contribution in [3.8, 4) is 0 Å². The summed E-state index contributed by atoms with van der Waals surface area (Å²) < 4.78 is 26.7. The summed E-state index contributed by atoms with van der Waals surface area (Å²) in [6.07, 6.45) is 3.81. The van der Waals surface area contributed by atoms with Gasteiger partial charge >= 0.3 is 0 Å². The Hall–Kier alpha value is -2.69. The molecule has 1 atom stereocenters. The fraction of sp³-hybridized carbons (Fsp3) is 0.250. The van der Waals surface area contributed by atoms with Gasteiger partial charge in [-0.1, -0.05) is 24.3 Å². The van der Waals surface area contributed by atoms with Crippen molar-refractivity contribution in [2.75, 3.05) is 0 Å². The maximum atomic E-state index is 13.7. The molecule has 3 rings (SSSR count). The van der Waals surface area contributed by atoms with Gasteiger partial charge < -0.3 is 10.3 Å². The number of aryl methyl sites for hydroxylation is 1. The topological polar surface area (TPSA) is 44.9 Å². The molecule has 0 aliphatic rings. The average Bonchev–Trinajstić information content (AvgIpc) is 2.98. The first-order valence-corrected chi connectivity index (χ1v) is 8.34. The monoisotopic (exact) mass is 342 g/mol. The molecule has 0 fully saturated rings. The zero-order chi connectivity index (χ0) is 17.8. The number of amides is 1. The molecule has 0 spiro atoms. The van der Waals surface area contributed by atoms with E-state index in [0.29, 0.717) is 12.8 Å². The van der Waals surface area contributed by atoms with Crippen LogP contribution in [-0.2, 0) is 11.2 Å². The SMILES string of the molecule is CC(NC(=O)CCCc1c[nH]c2ccccc12)c1ccc(F)cc1F. The van der Waals surface area contributed by atoms with Crippen LogP contribution in [0.2, 0.25) is 0 Å². The van der Waals surface area contributed by atoms with Crippen molar-refractivity contribution in [3.05, 3.63) is 71.4 Å². The van der Waals surface area contributed by atoms with Crippen LogP contribution in [0.25, 0.3) is 10.9 Å². The van der Waals surface area contributed by atoms with E-state index in [9.17, 15) is 13.6 Å². The van der Waals surface area contributed by atoms with Crippen molar-refractivity contribution in [1.29, 1.82) is 0 Å². The van der Waals surface area contributed by atoms with Gasteiger partial charge in [-0.15, -0.1) is 0 Å². The number of hydrogen-bond donors (Lipinski definition) is 2. The largest absolute Gasteiger partial charge is 0.361 e. The van der Waals surface area contributed by atoms with E-state index in [4.69, 9.17) is 0 Å². The molecule has 0 saturated heterocycles. The molecule has 1 unspecified atom stereocenters. The maximum absolute atomic E-state index is 13.7. The lowest BCUT2D eigenvalue weighted by molar-refractivity contribution is -0.121. The number of halogens is 2. The molecular formula is C20H20F2N2O. The molecule has 0 aliphatic heterocycles. The number of carbonyl (C=O) groups is 1. The van der Waals surface area contributed by atoms with Crippen molar-refractivity contribution in [2.24, 2.45) is 0 Å². The number of para-hydroxylation sites is 1. The summed E-state index contributed by atoms with van der Waals surface area (Å²) in [5.41, 5.74) is 2.55. The highest BCUT2D eigenvalue weighted by atomic mass is 19.1. The second kappa shape index (κ2) is 7.47. The summed E-state index contributed by atoms with van der Waals surface area (Å²) in [6.45, 7) is 1.69. The average molecular weight is 342 g/mol. The summed E-state index contributed by atoms with van der Waals surface area (Å²) in [6, 6.07) is 10.9. The minimum atomic E-state index is -0.647. The number of nitrogens with one attached hydrogen (secondary N) is 2. The normalized spacial score (nSPS) is 12.3. The molecule has 2 N–H and O–H groups in total. The first-order valence-electron chi connectivity index (χ1n) is 8.34. The van der Waals surface area contributed by atoms with Crippen molar-refractivity contribution in [1.82, 2.24) is 10.3 Å². The fourth-order valence-electron chi connectivity index (χ4n) is 3.02. The highest BCUT2D eigenvalue weighted by Gasteiger charge is 2.14. The number of hydrogen-bond acceptors (Lipinski definition) is 1. The molecule has 130 valence electrons. The van der Waals surface area contributed by atoms with Gasteiger partial charge in [0.15, 0.2) is 0 Å². The van der Waals surface area contributed by atoms with Crippen molar-refractivity contribution in [3.63, 3.8) is 0 Å². The molecule has 0 aliphatic carbocycles. The Balaban J connectivity index is 1.52. The lowest BCUT2D eigenvalue weighted by Crippen LogP contribution is -2.27. The van der Waals surface area contributed by atoms with Gasteiger partial charge in [-0.3, -0.25) is 4.79 Å². The summed E-state index contributed by atoms with van der Waals surface area (Å²) >= 11 is 0. The Kier molecular flexibility index (Phi) is 5.12. The minimum absolute atomic E-state index is 0.143. The Bertz CT molecular complexity index is 888. The number of H-pyrrole nitrogens is 1. The summed E-state index contributed by atoms with van der Waals surface area (Å²) in [7, 11) is 0. The van der Waals surface area contributed by atoms with E-state index in [1.54, 1.807) is 6.92 Å². The van der Waals surface area contributed by atoms with E-state index in [1.807, 2.05) is 24.4 Å². The fourth-order valence-corrected chi connectivity index (χ4v) is 3.02. The van der Waals surface area contributed by atoms with Crippen LogP contribution in [0.5, 0.6) is 0 Å². The highest BCUT2D eigenvalue weighted by molar-refractivity contribution is 5.83. The number of carbonyl (C=O) groups excluding carboxylic acids is 1. The standard InChI is InChI=1S/C20H20F2N2O/c1-13(16-10-9-15(21)11-18(16)22)24-20(25)8-4-5-14-12-23-19-7-3-2-6-17(14)19/h2-3,6-7,9-13,23H,4-5,8H2,1H3,(H,24,25). The van der Waals surface area contributed by atoms with E-state index < -0.39 is 17.7 Å². The van der Waals surface area contributed by atoms with Gasteiger partial charge in [0.1, 0.15) is 11.6 Å². The van der Waals surface area contributed by atoms with Gasteiger partial charge in [-0.05, 0) is 37.5 Å². The summed E-state index contributed by atoms with van der Waals surface area (Å²) in [5.74, 6) is -1.42. The number of aromatic amines is 1. The number of aromatic nitrogens is 1. The van der Waals surface area contributed by atoms with E-state index >= 15 is 0 Å². The highest BCUT2D eigenvalue weighted by Crippen LogP contribution is 2.20. The van der Waals surface area contributed by atoms with E-state index in [-0.39, 0.29) is 11.5 Å². The van der Waals surface area contributed by atoms with Crippen LogP contribution in [-0.4, -0.2) is 10.9 Å². The lowest BCUT2D eigenvalue weighted by atomic mass is 10.1. The van der Waals surface area contributed by atoms with Crippen LogP contribution < -0.4 is 5.32 Å². The van der Waals surface area contributed by atoms with Crippen LogP contribution in [0.3, 0.4) is 0 Å². The van der Waals surface area contributed by atoms with Crippen LogP contribution in [0.4, 0.5) is 8.78 Å². The van der Waals surface area contributed by atoms with Crippen molar-refractivity contribution in [2.45, 2.75) is 32.2 Å². The molecule has 0 bridgehead atoms. The predicted octanol–water partition coefficient (Wildman–Crippen LogP) is 4.65. The molecule has 3 aromatic rings. The lowest BCUT2D eigenvalue weighted by Gasteiger charge is -2.15. The third kappa shape index (κ3) is 4.05. The van der Waals surface area contributed by atoms with Crippen LogP contribution in [0.1, 0.15) is 36.9 Å². The quantitative estimate of drug-likeness (QED) is 0.673. The Morgan fingerprint density at radius 1 is 1.20 bits per heavy atom. The molecule has 1 amide bonds. The summed E-state index contributed by atoms with van der Waals surface area (Å²) in [4.78, 5) is 15.3. The molecule has 2 aromatic carbocycles. The predicted molar refractivity (Wildman–Crippen MR) is 94.2 cm³/mol. The molecule has 25 heavy (non-hydrogen) atoms. The molecule has 3 nitrogen and oxygen atoms in total. The molecule has 0 radical (unpaired) electrons. The molecule has 1 heterocycles. The third-order valence-electron chi connectivity index (χ3n) is 4.33. The van der Waals surface area contributed by atoms with Crippen LogP contribution in [0.15, 0.2) is 48.7 Å². The van der Waals surface area contributed by atoms with E-state index in [1.165, 1.54) is 23.1 Å². The third-order valence-corrected chi connectivity index (χ3v) is 4.33. The van der Waals surface area contributed by atoms with Crippen molar-refractivity contribution < 1.29 is 13.6 Å². The number of benzene rings is 2. The Morgan fingerprint density at radius 2 is 2.00 bits per heavy atom. The second-order valence-corrected chi connectivity index (χ2v) is 6.17. The Morgan fingerprint density at radius 3 is 2.80 bits per heavy atom. The molecule has 5 heteroatoms. The smallest absolute Gasteiger partial charge is 0.220 e. The second-order valence-electron chi connectivity index (χ2n) is 6.17. The summed E-state index contributed by atoms with van der Waals surface area (Å²) in [5, 5.41) is 3.94. The van der Waals surface area contributed by atoms with Crippen LogP contribution in [0, 0.1) is 11.6 Å². The zero-order valence-electron chi connectivity index (χ0n) is 14.0. The minimum Gasteiger partial charge on any atom is -0.361 e. The first kappa shape index (κ1) is 17.1.